The first-order valence-electron chi connectivity index (χ1n) is 8.91. The summed E-state index contributed by atoms with van der Waals surface area (Å²) in [7, 11) is 1.84. The van der Waals surface area contributed by atoms with E-state index in [0.717, 1.165) is 18.5 Å². The van der Waals surface area contributed by atoms with Gasteiger partial charge in [-0.25, -0.2) is 12.7 Å². The fourth-order valence-corrected chi connectivity index (χ4v) is 3.78. The minimum atomic E-state index is -3.61. The molecule has 6 nitrogen and oxygen atoms in total. The van der Waals surface area contributed by atoms with Crippen molar-refractivity contribution in [3.05, 3.63) is 54.1 Å². The lowest BCUT2D eigenvalue weighted by atomic mass is 10.2. The summed E-state index contributed by atoms with van der Waals surface area (Å²) in [6, 6.07) is 13.6. The maximum atomic E-state index is 12.7. The van der Waals surface area contributed by atoms with Crippen LogP contribution in [0.15, 0.2) is 53.4 Å². The highest BCUT2D eigenvalue weighted by molar-refractivity contribution is 7.89. The van der Waals surface area contributed by atoms with Gasteiger partial charge < -0.3 is 10.2 Å². The molecule has 1 amide bonds. The highest BCUT2D eigenvalue weighted by Gasteiger charge is 2.21. The van der Waals surface area contributed by atoms with Gasteiger partial charge in [0.1, 0.15) is 0 Å². The van der Waals surface area contributed by atoms with E-state index in [4.69, 9.17) is 0 Å². The number of carbonyl (C=O) groups is 1. The summed E-state index contributed by atoms with van der Waals surface area (Å²) in [6.45, 7) is 2.46. The van der Waals surface area contributed by atoms with Gasteiger partial charge in [0, 0.05) is 44.6 Å². The SMILES string of the molecule is CCCCN(C)S(=O)(=O)c1cccc(C(=O)Nc2ccc(N(C)C)cc2)c1. The van der Waals surface area contributed by atoms with Gasteiger partial charge in [-0.2, -0.15) is 0 Å². The van der Waals surface area contributed by atoms with Crippen LogP contribution in [0, 0.1) is 0 Å². The molecular weight excluding hydrogens is 362 g/mol. The van der Waals surface area contributed by atoms with Gasteiger partial charge >= 0.3 is 0 Å². The zero-order valence-corrected chi connectivity index (χ0v) is 17.1. The molecular formula is C20H27N3O3S. The molecule has 0 spiro atoms. The van der Waals surface area contributed by atoms with E-state index >= 15 is 0 Å². The van der Waals surface area contributed by atoms with Gasteiger partial charge in [-0.1, -0.05) is 19.4 Å². The molecule has 0 aliphatic rings. The van der Waals surface area contributed by atoms with Gasteiger partial charge in [0.15, 0.2) is 0 Å². The van der Waals surface area contributed by atoms with Crippen LogP contribution in [0.3, 0.4) is 0 Å². The molecule has 0 aliphatic heterocycles. The predicted molar refractivity (Wildman–Crippen MR) is 110 cm³/mol. The highest BCUT2D eigenvalue weighted by Crippen LogP contribution is 2.19. The number of nitrogens with one attached hydrogen (secondary N) is 1. The third kappa shape index (κ3) is 5.30. The van der Waals surface area contributed by atoms with Crippen LogP contribution < -0.4 is 10.2 Å². The van der Waals surface area contributed by atoms with Crippen molar-refractivity contribution in [3.8, 4) is 0 Å². The Morgan fingerprint density at radius 1 is 1.04 bits per heavy atom. The van der Waals surface area contributed by atoms with Crippen LogP contribution in [0.25, 0.3) is 0 Å². The molecule has 7 heteroatoms. The smallest absolute Gasteiger partial charge is 0.255 e. The zero-order chi connectivity index (χ0) is 20.0. The monoisotopic (exact) mass is 389 g/mol. The van der Waals surface area contributed by atoms with Crippen LogP contribution in [0.2, 0.25) is 0 Å². The molecule has 146 valence electrons. The van der Waals surface area contributed by atoms with E-state index in [1.165, 1.54) is 16.4 Å². The van der Waals surface area contributed by atoms with Gasteiger partial charge in [0.25, 0.3) is 5.91 Å². The zero-order valence-electron chi connectivity index (χ0n) is 16.3. The number of benzene rings is 2. The number of amides is 1. The normalized spacial score (nSPS) is 11.4. The van der Waals surface area contributed by atoms with Gasteiger partial charge in [-0.3, -0.25) is 4.79 Å². The Morgan fingerprint density at radius 2 is 1.70 bits per heavy atom. The first-order chi connectivity index (χ1) is 12.8. The first kappa shape index (κ1) is 20.9. The molecule has 1 N–H and O–H groups in total. The Hall–Kier alpha value is -2.38. The van der Waals surface area contributed by atoms with Gasteiger partial charge in [-0.15, -0.1) is 0 Å². The quantitative estimate of drug-likeness (QED) is 0.751. The van der Waals surface area contributed by atoms with Crippen LogP contribution in [0.5, 0.6) is 0 Å². The highest BCUT2D eigenvalue weighted by atomic mass is 32.2. The van der Waals surface area contributed by atoms with Crippen molar-refractivity contribution in [1.29, 1.82) is 0 Å². The summed E-state index contributed by atoms with van der Waals surface area (Å²) in [5.41, 5.74) is 1.98. The lowest BCUT2D eigenvalue weighted by Gasteiger charge is -2.17. The Morgan fingerprint density at radius 3 is 2.30 bits per heavy atom. The number of nitrogens with zero attached hydrogens (tertiary/aromatic N) is 2. The third-order valence-electron chi connectivity index (χ3n) is 4.27. The van der Waals surface area contributed by atoms with E-state index in [-0.39, 0.29) is 10.8 Å². The minimum Gasteiger partial charge on any atom is -0.378 e. The Balaban J connectivity index is 2.17. The summed E-state index contributed by atoms with van der Waals surface area (Å²) in [4.78, 5) is 14.6. The molecule has 0 saturated carbocycles. The lowest BCUT2D eigenvalue weighted by Crippen LogP contribution is -2.28. The second-order valence-corrected chi connectivity index (χ2v) is 8.65. The maximum Gasteiger partial charge on any atom is 0.255 e. The molecule has 0 aromatic heterocycles. The largest absolute Gasteiger partial charge is 0.378 e. The number of hydrogen-bond acceptors (Lipinski definition) is 4. The Labute approximate surface area is 161 Å². The van der Waals surface area contributed by atoms with Crippen molar-refractivity contribution < 1.29 is 13.2 Å². The lowest BCUT2D eigenvalue weighted by molar-refractivity contribution is 0.102. The van der Waals surface area contributed by atoms with E-state index in [0.29, 0.717) is 17.8 Å². The maximum absolute atomic E-state index is 12.7. The number of sulfonamides is 1. The van der Waals surface area contributed by atoms with Crippen molar-refractivity contribution >= 4 is 27.3 Å². The van der Waals surface area contributed by atoms with E-state index in [1.54, 1.807) is 19.2 Å². The van der Waals surface area contributed by atoms with Crippen molar-refractivity contribution in [1.82, 2.24) is 4.31 Å². The van der Waals surface area contributed by atoms with Gasteiger partial charge in [0.05, 0.1) is 4.90 Å². The molecule has 0 atom stereocenters. The Bertz CT molecular complexity index is 878. The molecule has 2 rings (SSSR count). The van der Waals surface area contributed by atoms with Gasteiger partial charge in [-0.05, 0) is 48.9 Å². The molecule has 0 bridgehead atoms. The number of carbonyl (C=O) groups excluding carboxylic acids is 1. The second-order valence-electron chi connectivity index (χ2n) is 6.60. The predicted octanol–water partition coefficient (Wildman–Crippen LogP) is 3.43. The average molecular weight is 390 g/mol. The molecule has 2 aromatic rings. The standard InChI is InChI=1S/C20H27N3O3S/c1-5-6-14-23(4)27(25,26)19-9-7-8-16(15-19)20(24)21-17-10-12-18(13-11-17)22(2)3/h7-13,15H,5-6,14H2,1-4H3,(H,21,24). The molecule has 0 saturated heterocycles. The molecule has 0 fully saturated rings. The number of unbranched alkanes of at least 4 members (excludes halogenated alkanes) is 1. The summed E-state index contributed by atoms with van der Waals surface area (Å²) < 4.78 is 26.7. The summed E-state index contributed by atoms with van der Waals surface area (Å²) in [5, 5.41) is 2.80. The van der Waals surface area contributed by atoms with Crippen molar-refractivity contribution in [2.24, 2.45) is 0 Å². The summed E-state index contributed by atoms with van der Waals surface area (Å²) in [6.07, 6.45) is 1.70. The molecule has 2 aromatic carbocycles. The molecule has 0 heterocycles. The minimum absolute atomic E-state index is 0.122. The Kier molecular flexibility index (Phi) is 6.98. The van der Waals surface area contributed by atoms with Crippen molar-refractivity contribution in [2.45, 2.75) is 24.7 Å². The van der Waals surface area contributed by atoms with Crippen LogP contribution in [0.1, 0.15) is 30.1 Å². The van der Waals surface area contributed by atoms with Crippen LogP contribution in [0.4, 0.5) is 11.4 Å². The second kappa shape index (κ2) is 9.01. The first-order valence-corrected chi connectivity index (χ1v) is 10.3. The molecule has 0 unspecified atom stereocenters. The average Bonchev–Trinajstić information content (AvgIpc) is 2.66. The van der Waals surface area contributed by atoms with Crippen molar-refractivity contribution in [2.75, 3.05) is 37.9 Å². The topological polar surface area (TPSA) is 69.7 Å². The third-order valence-corrected chi connectivity index (χ3v) is 6.13. The molecule has 27 heavy (non-hydrogen) atoms. The molecule has 0 aliphatic carbocycles. The van der Waals surface area contributed by atoms with E-state index < -0.39 is 10.0 Å². The fourth-order valence-electron chi connectivity index (χ4n) is 2.52. The van der Waals surface area contributed by atoms with E-state index in [1.807, 2.05) is 50.2 Å². The van der Waals surface area contributed by atoms with Crippen molar-refractivity contribution in [3.63, 3.8) is 0 Å². The number of anilines is 2. The summed E-state index contributed by atoms with van der Waals surface area (Å²) >= 11 is 0. The number of rotatable bonds is 8. The van der Waals surface area contributed by atoms with E-state index in [2.05, 4.69) is 5.32 Å². The fraction of sp³-hybridized carbons (Fsp3) is 0.350. The van der Waals surface area contributed by atoms with Crippen LogP contribution in [-0.4, -0.2) is 46.3 Å². The number of hydrogen-bond donors (Lipinski definition) is 1. The summed E-state index contributed by atoms with van der Waals surface area (Å²) in [5.74, 6) is -0.346. The van der Waals surface area contributed by atoms with E-state index in [9.17, 15) is 13.2 Å². The van der Waals surface area contributed by atoms with Crippen LogP contribution in [-0.2, 0) is 10.0 Å². The van der Waals surface area contributed by atoms with Crippen LogP contribution >= 0.6 is 0 Å². The molecule has 0 radical (unpaired) electrons. The van der Waals surface area contributed by atoms with Gasteiger partial charge in [0.2, 0.25) is 10.0 Å².